The lowest BCUT2D eigenvalue weighted by Crippen LogP contribution is -2.04. The highest BCUT2D eigenvalue weighted by atomic mass is 35.5. The van der Waals surface area contributed by atoms with E-state index < -0.39 is 5.91 Å². The number of amides is 1. The number of halogens is 1. The quantitative estimate of drug-likeness (QED) is 0.453. The zero-order valence-corrected chi connectivity index (χ0v) is 6.56. The molecular weight excluding hydrogens is 152 g/mol. The van der Waals surface area contributed by atoms with Crippen LogP contribution in [0.2, 0.25) is 0 Å². The average Bonchev–Trinajstić information content (AvgIpc) is 1.89. The molecule has 0 aromatic rings. The van der Waals surface area contributed by atoms with Crippen LogP contribution in [-0.2, 0) is 4.79 Å². The van der Waals surface area contributed by atoms with Crippen molar-refractivity contribution in [2.45, 2.75) is 0 Å². The third-order valence-electron chi connectivity index (χ3n) is 0.368. The summed E-state index contributed by atoms with van der Waals surface area (Å²) >= 11 is 0. The van der Waals surface area contributed by atoms with E-state index in [-0.39, 0.29) is 12.4 Å². The number of nitrogens with two attached hydrogens (primary N) is 2. The Morgan fingerprint density at radius 3 is 1.70 bits per heavy atom. The van der Waals surface area contributed by atoms with Crippen molar-refractivity contribution < 1.29 is 4.79 Å². The number of primary amides is 1. The van der Waals surface area contributed by atoms with Crippen molar-refractivity contribution in [2.75, 3.05) is 6.54 Å². The van der Waals surface area contributed by atoms with Crippen LogP contribution >= 0.6 is 12.4 Å². The fourth-order valence-corrected chi connectivity index (χ4v) is 0. The van der Waals surface area contributed by atoms with Gasteiger partial charge in [-0.2, -0.15) is 0 Å². The summed E-state index contributed by atoms with van der Waals surface area (Å²) in [5.41, 5.74) is 9.44. The lowest BCUT2D eigenvalue weighted by Gasteiger charge is -1.65. The van der Waals surface area contributed by atoms with E-state index in [1.807, 2.05) is 0 Å². The molecule has 0 unspecified atom stereocenters. The molecule has 0 aromatic carbocycles. The molecule has 0 aliphatic rings. The molecule has 0 spiro atoms. The zero-order chi connectivity index (χ0) is 7.70. The van der Waals surface area contributed by atoms with Gasteiger partial charge in [0.1, 0.15) is 0 Å². The second kappa shape index (κ2) is 15.7. The van der Waals surface area contributed by atoms with E-state index in [9.17, 15) is 4.79 Å². The summed E-state index contributed by atoms with van der Waals surface area (Å²) in [4.78, 5) is 9.47. The van der Waals surface area contributed by atoms with Crippen LogP contribution in [0.3, 0.4) is 0 Å². The SMILES string of the molecule is C=CC(N)=O.C=CCN.Cl. The maximum atomic E-state index is 9.47. The molecule has 4 N–H and O–H groups in total. The normalized spacial score (nSPS) is 5.70. The molecular formula is C6H13ClN2O. The molecule has 10 heavy (non-hydrogen) atoms. The summed E-state index contributed by atoms with van der Waals surface area (Å²) in [6, 6.07) is 0. The van der Waals surface area contributed by atoms with Gasteiger partial charge in [-0.25, -0.2) is 0 Å². The van der Waals surface area contributed by atoms with Gasteiger partial charge in [0.2, 0.25) is 5.91 Å². The van der Waals surface area contributed by atoms with E-state index in [2.05, 4.69) is 18.9 Å². The van der Waals surface area contributed by atoms with Gasteiger partial charge in [-0.05, 0) is 6.08 Å². The van der Waals surface area contributed by atoms with Crippen molar-refractivity contribution in [1.82, 2.24) is 0 Å². The molecule has 0 fully saturated rings. The Balaban J connectivity index is -0.0000000910. The first-order valence-corrected chi connectivity index (χ1v) is 2.41. The number of carbonyl (C=O) groups excluding carboxylic acids is 1. The second-order valence-electron chi connectivity index (χ2n) is 1.13. The van der Waals surface area contributed by atoms with E-state index in [0.717, 1.165) is 6.08 Å². The topological polar surface area (TPSA) is 69.1 Å². The Hall–Kier alpha value is -0.800. The Morgan fingerprint density at radius 2 is 1.70 bits per heavy atom. The minimum Gasteiger partial charge on any atom is -0.366 e. The van der Waals surface area contributed by atoms with E-state index in [0.29, 0.717) is 6.54 Å². The summed E-state index contributed by atoms with van der Waals surface area (Å²) in [6.45, 7) is 7.02. The van der Waals surface area contributed by atoms with Gasteiger partial charge >= 0.3 is 0 Å². The van der Waals surface area contributed by atoms with Crippen LogP contribution in [0.25, 0.3) is 0 Å². The highest BCUT2D eigenvalue weighted by Crippen LogP contribution is 1.48. The first-order valence-electron chi connectivity index (χ1n) is 2.41. The molecule has 3 nitrogen and oxygen atoms in total. The zero-order valence-electron chi connectivity index (χ0n) is 5.75. The third kappa shape index (κ3) is 57.2. The van der Waals surface area contributed by atoms with Gasteiger partial charge in [-0.3, -0.25) is 4.79 Å². The van der Waals surface area contributed by atoms with Crippen LogP contribution in [0.5, 0.6) is 0 Å². The van der Waals surface area contributed by atoms with Crippen LogP contribution < -0.4 is 11.5 Å². The summed E-state index contributed by atoms with van der Waals surface area (Å²) in [7, 11) is 0. The van der Waals surface area contributed by atoms with Crippen molar-refractivity contribution in [1.29, 1.82) is 0 Å². The minimum atomic E-state index is -0.481. The number of hydrogen-bond donors (Lipinski definition) is 2. The molecule has 1 amide bonds. The molecule has 0 bridgehead atoms. The molecule has 0 aliphatic heterocycles. The van der Waals surface area contributed by atoms with E-state index in [1.165, 1.54) is 0 Å². The Bertz CT molecular complexity index is 104. The molecule has 0 rings (SSSR count). The second-order valence-corrected chi connectivity index (χ2v) is 1.13. The van der Waals surface area contributed by atoms with Crippen molar-refractivity contribution in [3.63, 3.8) is 0 Å². The molecule has 4 heteroatoms. The van der Waals surface area contributed by atoms with Crippen LogP contribution in [0.1, 0.15) is 0 Å². The maximum absolute atomic E-state index is 9.47. The summed E-state index contributed by atoms with van der Waals surface area (Å²) in [5.74, 6) is -0.481. The molecule has 0 radical (unpaired) electrons. The van der Waals surface area contributed by atoms with Crippen molar-refractivity contribution >= 4 is 18.3 Å². The number of hydrogen-bond acceptors (Lipinski definition) is 2. The van der Waals surface area contributed by atoms with E-state index in [4.69, 9.17) is 5.73 Å². The van der Waals surface area contributed by atoms with Gasteiger partial charge in [-0.1, -0.05) is 12.7 Å². The first kappa shape index (κ1) is 16.1. The van der Waals surface area contributed by atoms with Crippen LogP contribution in [0, 0.1) is 0 Å². The summed E-state index contributed by atoms with van der Waals surface area (Å²) < 4.78 is 0. The van der Waals surface area contributed by atoms with Crippen molar-refractivity contribution in [3.05, 3.63) is 25.3 Å². The summed E-state index contributed by atoms with van der Waals surface area (Å²) in [5, 5.41) is 0. The molecule has 0 saturated heterocycles. The van der Waals surface area contributed by atoms with E-state index in [1.54, 1.807) is 6.08 Å². The average molecular weight is 165 g/mol. The molecule has 60 valence electrons. The van der Waals surface area contributed by atoms with Crippen molar-refractivity contribution in [2.24, 2.45) is 11.5 Å². The fourth-order valence-electron chi connectivity index (χ4n) is 0. The molecule has 0 saturated carbocycles. The number of rotatable bonds is 2. The van der Waals surface area contributed by atoms with Crippen molar-refractivity contribution in [3.8, 4) is 0 Å². The highest BCUT2D eigenvalue weighted by molar-refractivity contribution is 5.85. The predicted molar refractivity (Wildman–Crippen MR) is 45.9 cm³/mol. The van der Waals surface area contributed by atoms with E-state index >= 15 is 0 Å². The third-order valence-corrected chi connectivity index (χ3v) is 0.368. The molecule has 0 heterocycles. The monoisotopic (exact) mass is 164 g/mol. The number of carbonyl (C=O) groups is 1. The lowest BCUT2D eigenvalue weighted by molar-refractivity contribution is -0.113. The van der Waals surface area contributed by atoms with Crippen LogP contribution in [0.4, 0.5) is 0 Å². The highest BCUT2D eigenvalue weighted by Gasteiger charge is 1.69. The standard InChI is InChI=1S/C3H5NO.C3H7N.ClH/c1-2-3(4)5;1-2-3-4;/h2H,1H2,(H2,4,5);2H,1,3-4H2;1H. The largest absolute Gasteiger partial charge is 0.366 e. The maximum Gasteiger partial charge on any atom is 0.240 e. The fraction of sp³-hybridized carbons (Fsp3) is 0.167. The summed E-state index contributed by atoms with van der Waals surface area (Å²) in [6.07, 6.45) is 2.71. The van der Waals surface area contributed by atoms with Gasteiger partial charge < -0.3 is 11.5 Å². The smallest absolute Gasteiger partial charge is 0.240 e. The Morgan fingerprint density at radius 1 is 1.50 bits per heavy atom. The van der Waals surface area contributed by atoms with Crippen LogP contribution in [-0.4, -0.2) is 12.5 Å². The Labute approximate surface area is 67.2 Å². The van der Waals surface area contributed by atoms with Gasteiger partial charge in [0.05, 0.1) is 0 Å². The predicted octanol–water partition coefficient (Wildman–Crippen LogP) is 0.211. The van der Waals surface area contributed by atoms with Gasteiger partial charge in [0.15, 0.2) is 0 Å². The lowest BCUT2D eigenvalue weighted by atomic mass is 10.6. The minimum absolute atomic E-state index is 0. The first-order chi connectivity index (χ1) is 4.18. The molecule has 0 atom stereocenters. The molecule has 0 aromatic heterocycles. The Kier molecular flexibility index (Phi) is 25.3. The van der Waals surface area contributed by atoms with Gasteiger partial charge in [0, 0.05) is 6.54 Å². The van der Waals surface area contributed by atoms with Gasteiger partial charge in [0.25, 0.3) is 0 Å². The van der Waals surface area contributed by atoms with Crippen LogP contribution in [0.15, 0.2) is 25.3 Å². The molecule has 0 aliphatic carbocycles. The van der Waals surface area contributed by atoms with Gasteiger partial charge in [-0.15, -0.1) is 19.0 Å².